The summed E-state index contributed by atoms with van der Waals surface area (Å²) in [5.74, 6) is 0.618. The van der Waals surface area contributed by atoms with Crippen LogP contribution >= 0.6 is 0 Å². The Bertz CT molecular complexity index is 342. The molecule has 1 N–H and O–H groups in total. The Morgan fingerprint density at radius 2 is 2.38 bits per heavy atom. The molecule has 0 saturated heterocycles. The Hall–Kier alpha value is -1.60. The highest BCUT2D eigenvalue weighted by Gasteiger charge is 2.04. The third-order valence-corrected chi connectivity index (χ3v) is 2.43. The molecule has 0 aliphatic carbocycles. The molecule has 0 saturated carbocycles. The summed E-state index contributed by atoms with van der Waals surface area (Å²) in [6.45, 7) is 2.80. The standard InChI is InChI=1S/C12H17N3O/c1-3-11(6-7-13)14-8-10-4-5-12(16-2)15-9-10/h4-5,9,11,14H,3,6,8H2,1-2H3. The van der Waals surface area contributed by atoms with Crippen LogP contribution in [0, 0.1) is 11.3 Å². The molecular weight excluding hydrogens is 202 g/mol. The number of rotatable bonds is 6. The van der Waals surface area contributed by atoms with Crippen molar-refractivity contribution < 1.29 is 4.74 Å². The maximum absolute atomic E-state index is 8.61. The molecule has 4 heteroatoms. The van der Waals surface area contributed by atoms with Gasteiger partial charge in [-0.3, -0.25) is 0 Å². The van der Waals surface area contributed by atoms with Crippen LogP contribution in [0.1, 0.15) is 25.3 Å². The van der Waals surface area contributed by atoms with Gasteiger partial charge in [-0.1, -0.05) is 13.0 Å². The molecule has 0 fully saturated rings. The van der Waals surface area contributed by atoms with Crippen LogP contribution in [0.3, 0.4) is 0 Å². The number of hydrogen-bond donors (Lipinski definition) is 1. The van der Waals surface area contributed by atoms with E-state index in [9.17, 15) is 0 Å². The highest BCUT2D eigenvalue weighted by atomic mass is 16.5. The normalized spacial score (nSPS) is 11.8. The highest BCUT2D eigenvalue weighted by molar-refractivity contribution is 5.17. The van der Waals surface area contributed by atoms with Crippen LogP contribution in [0.2, 0.25) is 0 Å². The number of nitrogens with one attached hydrogen (secondary N) is 1. The fraction of sp³-hybridized carbons (Fsp3) is 0.500. The van der Waals surface area contributed by atoms with E-state index in [1.54, 1.807) is 13.3 Å². The second kappa shape index (κ2) is 6.81. The zero-order valence-electron chi connectivity index (χ0n) is 9.73. The van der Waals surface area contributed by atoms with E-state index in [1.165, 1.54) is 0 Å². The third kappa shape index (κ3) is 3.87. The number of pyridine rings is 1. The Labute approximate surface area is 96.3 Å². The maximum Gasteiger partial charge on any atom is 0.212 e. The van der Waals surface area contributed by atoms with Crippen LogP contribution in [-0.4, -0.2) is 18.1 Å². The lowest BCUT2D eigenvalue weighted by Crippen LogP contribution is -2.27. The van der Waals surface area contributed by atoms with E-state index in [0.29, 0.717) is 12.3 Å². The quantitative estimate of drug-likeness (QED) is 0.793. The molecule has 1 unspecified atom stereocenters. The van der Waals surface area contributed by atoms with Crippen LogP contribution < -0.4 is 10.1 Å². The van der Waals surface area contributed by atoms with Crippen LogP contribution in [0.25, 0.3) is 0 Å². The van der Waals surface area contributed by atoms with Crippen molar-refractivity contribution in [1.82, 2.24) is 10.3 Å². The molecule has 1 heterocycles. The number of methoxy groups -OCH3 is 1. The smallest absolute Gasteiger partial charge is 0.212 e. The van der Waals surface area contributed by atoms with Gasteiger partial charge in [0.15, 0.2) is 0 Å². The molecule has 1 atom stereocenters. The predicted octanol–water partition coefficient (Wildman–Crippen LogP) is 1.87. The molecular formula is C12H17N3O. The van der Waals surface area contributed by atoms with Gasteiger partial charge in [0.25, 0.3) is 0 Å². The molecule has 0 bridgehead atoms. The van der Waals surface area contributed by atoms with Crippen molar-refractivity contribution in [2.45, 2.75) is 32.4 Å². The fourth-order valence-corrected chi connectivity index (χ4v) is 1.37. The Kier molecular flexibility index (Phi) is 5.30. The zero-order chi connectivity index (χ0) is 11.8. The molecule has 0 amide bonds. The lowest BCUT2D eigenvalue weighted by molar-refractivity contribution is 0.397. The third-order valence-electron chi connectivity index (χ3n) is 2.43. The minimum absolute atomic E-state index is 0.257. The number of aromatic nitrogens is 1. The van der Waals surface area contributed by atoms with Gasteiger partial charge in [-0.25, -0.2) is 4.98 Å². The van der Waals surface area contributed by atoms with Gasteiger partial charge in [0, 0.05) is 24.8 Å². The largest absolute Gasteiger partial charge is 0.481 e. The van der Waals surface area contributed by atoms with Crippen LogP contribution in [-0.2, 0) is 6.54 Å². The fourth-order valence-electron chi connectivity index (χ4n) is 1.37. The molecule has 1 rings (SSSR count). The number of nitrogens with zero attached hydrogens (tertiary/aromatic N) is 2. The van der Waals surface area contributed by atoms with Crippen molar-refractivity contribution in [3.8, 4) is 11.9 Å². The van der Waals surface area contributed by atoms with Gasteiger partial charge in [-0.2, -0.15) is 5.26 Å². The molecule has 0 aliphatic rings. The van der Waals surface area contributed by atoms with E-state index < -0.39 is 0 Å². The molecule has 1 aromatic rings. The van der Waals surface area contributed by atoms with Gasteiger partial charge >= 0.3 is 0 Å². The van der Waals surface area contributed by atoms with Crippen molar-refractivity contribution in [2.24, 2.45) is 0 Å². The lowest BCUT2D eigenvalue weighted by atomic mass is 10.1. The van der Waals surface area contributed by atoms with Crippen molar-refractivity contribution in [3.63, 3.8) is 0 Å². The van der Waals surface area contributed by atoms with E-state index in [4.69, 9.17) is 10.00 Å². The second-order valence-electron chi connectivity index (χ2n) is 3.56. The maximum atomic E-state index is 8.61. The summed E-state index contributed by atoms with van der Waals surface area (Å²) < 4.78 is 4.98. The van der Waals surface area contributed by atoms with Gasteiger partial charge in [0.1, 0.15) is 0 Å². The van der Waals surface area contributed by atoms with Crippen molar-refractivity contribution in [3.05, 3.63) is 23.9 Å². The van der Waals surface area contributed by atoms with E-state index >= 15 is 0 Å². The summed E-state index contributed by atoms with van der Waals surface area (Å²) in [5, 5.41) is 11.9. The van der Waals surface area contributed by atoms with Crippen LogP contribution in [0.5, 0.6) is 5.88 Å². The molecule has 86 valence electrons. The first kappa shape index (κ1) is 12.5. The van der Waals surface area contributed by atoms with E-state index in [2.05, 4.69) is 23.3 Å². The summed E-state index contributed by atoms with van der Waals surface area (Å²) >= 11 is 0. The molecule has 0 radical (unpaired) electrons. The van der Waals surface area contributed by atoms with Crippen molar-refractivity contribution >= 4 is 0 Å². The highest BCUT2D eigenvalue weighted by Crippen LogP contribution is 2.07. The number of ether oxygens (including phenoxy) is 1. The molecule has 0 spiro atoms. The first-order valence-corrected chi connectivity index (χ1v) is 5.39. The molecule has 16 heavy (non-hydrogen) atoms. The molecule has 1 aromatic heterocycles. The Morgan fingerprint density at radius 1 is 1.56 bits per heavy atom. The van der Waals surface area contributed by atoms with Crippen LogP contribution in [0.15, 0.2) is 18.3 Å². The minimum atomic E-state index is 0.257. The van der Waals surface area contributed by atoms with E-state index in [0.717, 1.165) is 18.5 Å². The summed E-state index contributed by atoms with van der Waals surface area (Å²) in [6.07, 6.45) is 3.28. The summed E-state index contributed by atoms with van der Waals surface area (Å²) in [7, 11) is 1.60. The van der Waals surface area contributed by atoms with Crippen molar-refractivity contribution in [1.29, 1.82) is 5.26 Å². The average molecular weight is 219 g/mol. The molecule has 4 nitrogen and oxygen atoms in total. The summed E-state index contributed by atoms with van der Waals surface area (Å²) in [6, 6.07) is 6.24. The topological polar surface area (TPSA) is 57.9 Å². The Morgan fingerprint density at radius 3 is 2.88 bits per heavy atom. The van der Waals surface area contributed by atoms with Gasteiger partial charge < -0.3 is 10.1 Å². The van der Waals surface area contributed by atoms with Gasteiger partial charge in [0.05, 0.1) is 19.6 Å². The SMILES string of the molecule is CCC(CC#N)NCc1ccc(OC)nc1. The van der Waals surface area contributed by atoms with E-state index in [1.807, 2.05) is 12.1 Å². The first-order chi connectivity index (χ1) is 7.80. The second-order valence-corrected chi connectivity index (χ2v) is 3.56. The van der Waals surface area contributed by atoms with Crippen LogP contribution in [0.4, 0.5) is 0 Å². The van der Waals surface area contributed by atoms with Crippen molar-refractivity contribution in [2.75, 3.05) is 7.11 Å². The Balaban J connectivity index is 2.44. The lowest BCUT2D eigenvalue weighted by Gasteiger charge is -2.13. The number of hydrogen-bond acceptors (Lipinski definition) is 4. The minimum Gasteiger partial charge on any atom is -0.481 e. The van der Waals surface area contributed by atoms with E-state index in [-0.39, 0.29) is 6.04 Å². The van der Waals surface area contributed by atoms with Gasteiger partial charge in [0.2, 0.25) is 5.88 Å². The predicted molar refractivity (Wildman–Crippen MR) is 61.9 cm³/mol. The van der Waals surface area contributed by atoms with Gasteiger partial charge in [-0.15, -0.1) is 0 Å². The van der Waals surface area contributed by atoms with Gasteiger partial charge in [-0.05, 0) is 12.0 Å². The monoisotopic (exact) mass is 219 g/mol. The first-order valence-electron chi connectivity index (χ1n) is 5.39. The summed E-state index contributed by atoms with van der Waals surface area (Å²) in [4.78, 5) is 4.12. The molecule has 0 aliphatic heterocycles. The zero-order valence-corrected chi connectivity index (χ0v) is 9.73. The molecule has 0 aromatic carbocycles. The number of nitriles is 1. The summed E-state index contributed by atoms with van der Waals surface area (Å²) in [5.41, 5.74) is 1.09. The average Bonchev–Trinajstić information content (AvgIpc) is 2.35.